The average Bonchev–Trinajstić information content (AvgIpc) is 2.37. The van der Waals surface area contributed by atoms with E-state index in [-0.39, 0.29) is 5.38 Å². The van der Waals surface area contributed by atoms with Crippen LogP contribution in [0.1, 0.15) is 33.2 Å². The fourth-order valence-electron chi connectivity index (χ4n) is 2.56. The number of ether oxygens (including phenoxy) is 1. The van der Waals surface area contributed by atoms with Crippen molar-refractivity contribution in [1.29, 1.82) is 0 Å². The van der Waals surface area contributed by atoms with Gasteiger partial charge in [-0.3, -0.25) is 0 Å². The van der Waals surface area contributed by atoms with Gasteiger partial charge in [-0.05, 0) is 60.7 Å². The largest absolute Gasteiger partial charge is 0.496 e. The van der Waals surface area contributed by atoms with Crippen LogP contribution in [-0.2, 0) is 0 Å². The van der Waals surface area contributed by atoms with Gasteiger partial charge in [-0.2, -0.15) is 0 Å². The molecule has 0 aliphatic carbocycles. The first-order chi connectivity index (χ1) is 9.43. The molecular formula is C17H18BrClO. The van der Waals surface area contributed by atoms with Gasteiger partial charge in [0.25, 0.3) is 0 Å². The lowest BCUT2D eigenvalue weighted by Gasteiger charge is -2.17. The summed E-state index contributed by atoms with van der Waals surface area (Å²) in [6, 6.07) is 10.4. The van der Waals surface area contributed by atoms with E-state index >= 15 is 0 Å². The molecule has 2 aromatic rings. The maximum atomic E-state index is 6.67. The molecule has 0 aromatic heterocycles. The van der Waals surface area contributed by atoms with Crippen LogP contribution < -0.4 is 4.74 Å². The SMILES string of the molecule is COc1c(C)cc(C(Cl)c2ccc(Br)cc2C)cc1C. The van der Waals surface area contributed by atoms with Crippen molar-refractivity contribution in [2.45, 2.75) is 26.1 Å². The summed E-state index contributed by atoms with van der Waals surface area (Å²) in [5.41, 5.74) is 5.66. The molecule has 0 radical (unpaired) electrons. The Bertz CT molecular complexity index is 614. The predicted molar refractivity (Wildman–Crippen MR) is 89.0 cm³/mol. The molecule has 0 aliphatic heterocycles. The van der Waals surface area contributed by atoms with Gasteiger partial charge in [0.1, 0.15) is 5.75 Å². The summed E-state index contributed by atoms with van der Waals surface area (Å²) < 4.78 is 6.48. The van der Waals surface area contributed by atoms with Gasteiger partial charge in [0.05, 0.1) is 12.5 Å². The number of hydrogen-bond acceptors (Lipinski definition) is 1. The lowest BCUT2D eigenvalue weighted by molar-refractivity contribution is 0.408. The van der Waals surface area contributed by atoms with Gasteiger partial charge in [-0.25, -0.2) is 0 Å². The Morgan fingerprint density at radius 3 is 2.10 bits per heavy atom. The number of halogens is 2. The molecule has 1 nitrogen and oxygen atoms in total. The second kappa shape index (κ2) is 6.19. The Balaban J connectivity index is 2.45. The molecule has 2 aromatic carbocycles. The Kier molecular flexibility index (Phi) is 4.77. The predicted octanol–water partition coefficient (Wildman–Crippen LogP) is 5.71. The van der Waals surface area contributed by atoms with Crippen LogP contribution in [0, 0.1) is 20.8 Å². The Morgan fingerprint density at radius 2 is 1.60 bits per heavy atom. The summed E-state index contributed by atoms with van der Waals surface area (Å²) in [6.07, 6.45) is 0. The number of methoxy groups -OCH3 is 1. The van der Waals surface area contributed by atoms with Crippen molar-refractivity contribution in [2.24, 2.45) is 0 Å². The van der Waals surface area contributed by atoms with Gasteiger partial charge >= 0.3 is 0 Å². The van der Waals surface area contributed by atoms with Crippen molar-refractivity contribution in [3.8, 4) is 5.75 Å². The number of hydrogen-bond donors (Lipinski definition) is 0. The van der Waals surface area contributed by atoms with E-state index in [0.717, 1.165) is 32.5 Å². The average molecular weight is 354 g/mol. The molecule has 0 aliphatic rings. The van der Waals surface area contributed by atoms with Crippen LogP contribution >= 0.6 is 27.5 Å². The van der Waals surface area contributed by atoms with E-state index in [2.05, 4.69) is 47.1 Å². The standard InChI is InChI=1S/C17H18BrClO/c1-10-9-14(18)5-6-15(10)16(19)13-7-11(2)17(20-4)12(3)8-13/h5-9,16H,1-4H3. The molecule has 0 heterocycles. The fraction of sp³-hybridized carbons (Fsp3) is 0.294. The number of benzene rings is 2. The van der Waals surface area contributed by atoms with Crippen molar-refractivity contribution < 1.29 is 4.74 Å². The van der Waals surface area contributed by atoms with Crippen molar-refractivity contribution in [2.75, 3.05) is 7.11 Å². The Labute approximate surface area is 134 Å². The van der Waals surface area contributed by atoms with Crippen LogP contribution in [0.5, 0.6) is 5.75 Å². The molecule has 106 valence electrons. The molecule has 0 saturated carbocycles. The zero-order valence-electron chi connectivity index (χ0n) is 12.1. The molecule has 0 amide bonds. The van der Waals surface area contributed by atoms with Crippen LogP contribution in [0.3, 0.4) is 0 Å². The Morgan fingerprint density at radius 1 is 1.00 bits per heavy atom. The minimum Gasteiger partial charge on any atom is -0.496 e. The Hall–Kier alpha value is -0.990. The number of rotatable bonds is 3. The second-order valence-electron chi connectivity index (χ2n) is 5.05. The molecule has 0 bridgehead atoms. The molecular weight excluding hydrogens is 336 g/mol. The maximum Gasteiger partial charge on any atom is 0.124 e. The van der Waals surface area contributed by atoms with Crippen molar-refractivity contribution in [3.63, 3.8) is 0 Å². The summed E-state index contributed by atoms with van der Waals surface area (Å²) in [5, 5.41) is -0.147. The lowest BCUT2D eigenvalue weighted by Crippen LogP contribution is -1.99. The first kappa shape index (κ1) is 15.4. The highest BCUT2D eigenvalue weighted by molar-refractivity contribution is 9.10. The van der Waals surface area contributed by atoms with Gasteiger partial charge in [-0.15, -0.1) is 11.6 Å². The molecule has 3 heteroatoms. The van der Waals surface area contributed by atoms with Gasteiger partial charge < -0.3 is 4.74 Å². The van der Waals surface area contributed by atoms with Crippen molar-refractivity contribution in [1.82, 2.24) is 0 Å². The number of aryl methyl sites for hydroxylation is 3. The van der Waals surface area contributed by atoms with E-state index in [1.807, 2.05) is 19.9 Å². The minimum atomic E-state index is -0.147. The third kappa shape index (κ3) is 3.02. The van der Waals surface area contributed by atoms with Gasteiger partial charge in [0, 0.05) is 4.47 Å². The molecule has 0 saturated heterocycles. The normalized spacial score (nSPS) is 12.3. The summed E-state index contributed by atoms with van der Waals surface area (Å²) >= 11 is 10.2. The van der Waals surface area contributed by atoms with E-state index in [0.29, 0.717) is 0 Å². The molecule has 2 rings (SSSR count). The van der Waals surface area contributed by atoms with Crippen LogP contribution in [0.2, 0.25) is 0 Å². The molecule has 1 atom stereocenters. The van der Waals surface area contributed by atoms with Gasteiger partial charge in [0.15, 0.2) is 0 Å². The van der Waals surface area contributed by atoms with Crippen molar-refractivity contribution >= 4 is 27.5 Å². The lowest BCUT2D eigenvalue weighted by atomic mass is 9.97. The topological polar surface area (TPSA) is 9.23 Å². The monoisotopic (exact) mass is 352 g/mol. The highest BCUT2D eigenvalue weighted by Gasteiger charge is 2.16. The first-order valence-electron chi connectivity index (χ1n) is 6.49. The smallest absolute Gasteiger partial charge is 0.124 e. The van der Waals surface area contributed by atoms with Crippen molar-refractivity contribution in [3.05, 3.63) is 62.6 Å². The summed E-state index contributed by atoms with van der Waals surface area (Å²) in [7, 11) is 1.70. The fourth-order valence-corrected chi connectivity index (χ4v) is 3.40. The van der Waals surface area contributed by atoms with E-state index in [1.54, 1.807) is 7.11 Å². The van der Waals surface area contributed by atoms with E-state index in [4.69, 9.17) is 16.3 Å². The summed E-state index contributed by atoms with van der Waals surface area (Å²) in [6.45, 7) is 6.18. The van der Waals surface area contributed by atoms with Gasteiger partial charge in [0.2, 0.25) is 0 Å². The number of alkyl halides is 1. The zero-order valence-corrected chi connectivity index (χ0v) is 14.5. The van der Waals surface area contributed by atoms with E-state index < -0.39 is 0 Å². The highest BCUT2D eigenvalue weighted by Crippen LogP contribution is 2.35. The van der Waals surface area contributed by atoms with Crippen LogP contribution in [0.15, 0.2) is 34.8 Å². The van der Waals surface area contributed by atoms with Crippen LogP contribution in [0.4, 0.5) is 0 Å². The minimum absolute atomic E-state index is 0.147. The third-order valence-electron chi connectivity index (χ3n) is 3.48. The maximum absolute atomic E-state index is 6.67. The summed E-state index contributed by atoms with van der Waals surface area (Å²) in [5.74, 6) is 0.935. The highest BCUT2D eigenvalue weighted by atomic mass is 79.9. The first-order valence-corrected chi connectivity index (χ1v) is 7.72. The summed E-state index contributed by atoms with van der Waals surface area (Å²) in [4.78, 5) is 0. The van der Waals surface area contributed by atoms with E-state index in [1.165, 1.54) is 5.56 Å². The van der Waals surface area contributed by atoms with Gasteiger partial charge in [-0.1, -0.05) is 34.1 Å². The third-order valence-corrected chi connectivity index (χ3v) is 4.46. The van der Waals surface area contributed by atoms with E-state index in [9.17, 15) is 0 Å². The quantitative estimate of drug-likeness (QED) is 0.642. The molecule has 1 unspecified atom stereocenters. The molecule has 0 N–H and O–H groups in total. The zero-order chi connectivity index (χ0) is 14.9. The molecule has 0 fully saturated rings. The van der Waals surface area contributed by atoms with Crippen LogP contribution in [0.25, 0.3) is 0 Å². The molecule has 20 heavy (non-hydrogen) atoms. The second-order valence-corrected chi connectivity index (χ2v) is 6.40. The van der Waals surface area contributed by atoms with Crippen LogP contribution in [-0.4, -0.2) is 7.11 Å². The molecule has 0 spiro atoms.